The minimum absolute atomic E-state index is 0.0974. The van der Waals surface area contributed by atoms with Gasteiger partial charge in [0.1, 0.15) is 12.2 Å². The van der Waals surface area contributed by atoms with Crippen molar-refractivity contribution in [3.05, 3.63) is 90.3 Å². The highest BCUT2D eigenvalue weighted by molar-refractivity contribution is 7.80. The van der Waals surface area contributed by atoms with Gasteiger partial charge in [-0.15, -0.1) is 0 Å². The highest BCUT2D eigenvalue weighted by Crippen LogP contribution is 2.39. The zero-order valence-corrected chi connectivity index (χ0v) is 23.4. The fourth-order valence-corrected chi connectivity index (χ4v) is 4.85. The number of ether oxygens (including phenoxy) is 2. The van der Waals surface area contributed by atoms with Crippen LogP contribution in [-0.4, -0.2) is 24.0 Å². The van der Waals surface area contributed by atoms with Crippen LogP contribution in [0.5, 0.6) is 11.5 Å². The Morgan fingerprint density at radius 2 is 1.73 bits per heavy atom. The first kappa shape index (κ1) is 27.5. The maximum Gasteiger partial charge on any atom is 0.270 e. The molecular weight excluding hydrogens is 602 g/mol. The van der Waals surface area contributed by atoms with E-state index in [2.05, 4.69) is 5.32 Å². The van der Waals surface area contributed by atoms with Gasteiger partial charge in [0.25, 0.3) is 11.8 Å². The normalized spacial score (nSPS) is 14.7. The summed E-state index contributed by atoms with van der Waals surface area (Å²) in [6, 6.07) is 12.9. The molecule has 12 heteroatoms. The van der Waals surface area contributed by atoms with E-state index in [-0.39, 0.29) is 49.5 Å². The topological polar surface area (TPSA) is 67.9 Å². The van der Waals surface area contributed by atoms with E-state index in [9.17, 15) is 9.59 Å². The largest absolute Gasteiger partial charge is 0.493 e. The molecule has 0 unspecified atom stereocenters. The van der Waals surface area contributed by atoms with Crippen molar-refractivity contribution in [2.45, 2.75) is 6.61 Å². The zero-order valence-electron chi connectivity index (χ0n) is 18.8. The molecule has 2 amide bonds. The Morgan fingerprint density at radius 3 is 2.43 bits per heavy atom. The van der Waals surface area contributed by atoms with Crippen LogP contribution in [0.4, 0.5) is 5.69 Å². The van der Waals surface area contributed by atoms with Crippen LogP contribution >= 0.6 is 70.2 Å². The maximum atomic E-state index is 13.3. The second-order valence-corrected chi connectivity index (χ2v) is 10.0. The molecule has 3 aromatic rings. The van der Waals surface area contributed by atoms with Gasteiger partial charge in [-0.3, -0.25) is 19.8 Å². The van der Waals surface area contributed by atoms with Crippen LogP contribution in [-0.2, 0) is 16.2 Å². The Hall–Kier alpha value is -2.52. The summed E-state index contributed by atoms with van der Waals surface area (Å²) in [5.41, 5.74) is 1.12. The number of methoxy groups -OCH3 is 1. The van der Waals surface area contributed by atoms with Crippen molar-refractivity contribution < 1.29 is 19.1 Å². The number of carbonyl (C=O) groups excluding carboxylic acids is 2. The molecule has 0 saturated carbocycles. The van der Waals surface area contributed by atoms with Crippen LogP contribution in [0.2, 0.25) is 25.1 Å². The molecule has 0 radical (unpaired) electrons. The quantitative estimate of drug-likeness (QED) is 0.178. The molecule has 1 N–H and O–H groups in total. The predicted molar refractivity (Wildman–Crippen MR) is 151 cm³/mol. The van der Waals surface area contributed by atoms with Gasteiger partial charge in [0.15, 0.2) is 16.6 Å². The first-order chi connectivity index (χ1) is 17.6. The fourth-order valence-electron chi connectivity index (χ4n) is 3.46. The van der Waals surface area contributed by atoms with Gasteiger partial charge < -0.3 is 9.47 Å². The van der Waals surface area contributed by atoms with Crippen molar-refractivity contribution in [2.24, 2.45) is 0 Å². The number of hydrogen-bond donors (Lipinski definition) is 1. The van der Waals surface area contributed by atoms with Crippen molar-refractivity contribution >= 4 is 98.9 Å². The Kier molecular flexibility index (Phi) is 8.53. The van der Waals surface area contributed by atoms with Crippen molar-refractivity contribution in [1.29, 1.82) is 0 Å². The number of thiocarbonyl (C=S) groups is 1. The predicted octanol–water partition coefficient (Wildman–Crippen LogP) is 7.37. The third kappa shape index (κ3) is 5.82. The standard InChI is InChI=1S/C25H15Cl5N2O4S/c1-35-20-9-12(8-18(29)22(20)36-11-13-5-6-14(26)10-17(13)28)7-15-23(33)31-25(37)32(24(15)34)19-4-2-3-16(27)21(19)30/h2-10H,11H2,1H3,(H,31,33,37)/b15-7+. The minimum atomic E-state index is -0.689. The van der Waals surface area contributed by atoms with E-state index >= 15 is 0 Å². The molecule has 0 aliphatic carbocycles. The first-order valence-electron chi connectivity index (χ1n) is 10.4. The van der Waals surface area contributed by atoms with E-state index in [1.807, 2.05) is 0 Å². The molecule has 1 aliphatic heterocycles. The van der Waals surface area contributed by atoms with Crippen LogP contribution in [0.15, 0.2) is 54.1 Å². The van der Waals surface area contributed by atoms with Crippen molar-refractivity contribution in [3.63, 3.8) is 0 Å². The average Bonchev–Trinajstić information content (AvgIpc) is 2.84. The number of rotatable bonds is 6. The van der Waals surface area contributed by atoms with E-state index in [1.165, 1.54) is 19.3 Å². The molecule has 1 aliphatic rings. The Labute approximate surface area is 242 Å². The van der Waals surface area contributed by atoms with Gasteiger partial charge in [-0.1, -0.05) is 70.1 Å². The molecule has 1 heterocycles. The van der Waals surface area contributed by atoms with Crippen LogP contribution in [0, 0.1) is 0 Å². The molecule has 6 nitrogen and oxygen atoms in total. The summed E-state index contributed by atoms with van der Waals surface area (Å²) in [6.07, 6.45) is 1.36. The molecule has 0 bridgehead atoms. The zero-order chi connectivity index (χ0) is 26.9. The summed E-state index contributed by atoms with van der Waals surface area (Å²) in [5, 5.41) is 3.83. The summed E-state index contributed by atoms with van der Waals surface area (Å²) in [4.78, 5) is 27.1. The van der Waals surface area contributed by atoms with Gasteiger partial charge in [0.2, 0.25) is 0 Å². The number of anilines is 1. The lowest BCUT2D eigenvalue weighted by Gasteiger charge is -2.29. The smallest absolute Gasteiger partial charge is 0.270 e. The summed E-state index contributed by atoms with van der Waals surface area (Å²) < 4.78 is 11.3. The Bertz CT molecular complexity index is 1480. The lowest BCUT2D eigenvalue weighted by molar-refractivity contribution is -0.122. The molecule has 1 saturated heterocycles. The van der Waals surface area contributed by atoms with Gasteiger partial charge in [0, 0.05) is 15.6 Å². The Balaban J connectivity index is 1.66. The SMILES string of the molecule is COc1cc(/C=C2\C(=O)NC(=S)N(c3cccc(Cl)c3Cl)C2=O)cc(Cl)c1OCc1ccc(Cl)cc1Cl. The second-order valence-electron chi connectivity index (χ2n) is 7.59. The number of nitrogens with zero attached hydrogens (tertiary/aromatic N) is 1. The number of nitrogens with one attached hydrogen (secondary N) is 1. The number of carbonyl (C=O) groups is 2. The lowest BCUT2D eigenvalue weighted by Crippen LogP contribution is -2.54. The molecule has 0 spiro atoms. The van der Waals surface area contributed by atoms with Crippen molar-refractivity contribution in [3.8, 4) is 11.5 Å². The summed E-state index contributed by atoms with van der Waals surface area (Å²) in [6.45, 7) is 0.0974. The highest BCUT2D eigenvalue weighted by atomic mass is 35.5. The maximum absolute atomic E-state index is 13.3. The van der Waals surface area contributed by atoms with Gasteiger partial charge in [-0.2, -0.15) is 0 Å². The fraction of sp³-hybridized carbons (Fsp3) is 0.0800. The lowest BCUT2D eigenvalue weighted by atomic mass is 10.1. The molecular formula is C25H15Cl5N2O4S. The molecule has 0 atom stereocenters. The van der Waals surface area contributed by atoms with Crippen LogP contribution < -0.4 is 19.7 Å². The van der Waals surface area contributed by atoms with Gasteiger partial charge in [-0.05, 0) is 60.3 Å². The van der Waals surface area contributed by atoms with Gasteiger partial charge in [-0.25, -0.2) is 0 Å². The van der Waals surface area contributed by atoms with E-state index in [1.54, 1.807) is 42.5 Å². The van der Waals surface area contributed by atoms with Crippen molar-refractivity contribution in [1.82, 2.24) is 5.32 Å². The third-order valence-electron chi connectivity index (χ3n) is 5.22. The molecule has 37 heavy (non-hydrogen) atoms. The minimum Gasteiger partial charge on any atom is -0.493 e. The van der Waals surface area contributed by atoms with Gasteiger partial charge >= 0.3 is 0 Å². The Morgan fingerprint density at radius 1 is 0.973 bits per heavy atom. The molecule has 3 aromatic carbocycles. The monoisotopic (exact) mass is 614 g/mol. The average molecular weight is 617 g/mol. The van der Waals surface area contributed by atoms with Gasteiger partial charge in [0.05, 0.1) is 27.9 Å². The van der Waals surface area contributed by atoms with E-state index in [0.717, 1.165) is 4.90 Å². The third-order valence-corrected chi connectivity index (χ3v) is 7.18. The highest BCUT2D eigenvalue weighted by Gasteiger charge is 2.35. The number of amides is 2. The van der Waals surface area contributed by atoms with E-state index in [0.29, 0.717) is 21.2 Å². The van der Waals surface area contributed by atoms with Crippen LogP contribution in [0.25, 0.3) is 6.08 Å². The number of benzene rings is 3. The summed E-state index contributed by atoms with van der Waals surface area (Å²) in [5.74, 6) is -0.841. The number of halogens is 5. The molecule has 0 aromatic heterocycles. The molecule has 4 rings (SSSR count). The first-order valence-corrected chi connectivity index (χ1v) is 12.7. The molecule has 1 fully saturated rings. The molecule has 190 valence electrons. The van der Waals surface area contributed by atoms with Crippen molar-refractivity contribution in [2.75, 3.05) is 12.0 Å². The van der Waals surface area contributed by atoms with E-state index in [4.69, 9.17) is 79.7 Å². The summed E-state index contributed by atoms with van der Waals surface area (Å²) >= 11 is 36.3. The summed E-state index contributed by atoms with van der Waals surface area (Å²) in [7, 11) is 1.44. The van der Waals surface area contributed by atoms with Crippen LogP contribution in [0.1, 0.15) is 11.1 Å². The van der Waals surface area contributed by atoms with E-state index < -0.39 is 11.8 Å². The van der Waals surface area contributed by atoms with Crippen LogP contribution in [0.3, 0.4) is 0 Å². The second kappa shape index (κ2) is 11.5. The number of hydrogen-bond acceptors (Lipinski definition) is 5.